The number of hydrogen-bond donors (Lipinski definition) is 2. The van der Waals surface area contributed by atoms with Crippen molar-refractivity contribution in [2.24, 2.45) is 0 Å². The number of aromatic hydroxyl groups is 1. The predicted octanol–water partition coefficient (Wildman–Crippen LogP) is 4.91. The molecule has 0 atom stereocenters. The lowest BCUT2D eigenvalue weighted by atomic mass is 10.0. The van der Waals surface area contributed by atoms with Crippen molar-refractivity contribution in [2.75, 3.05) is 13.7 Å². The number of carbonyl (C=O) groups excluding carboxylic acids is 2. The first-order valence-corrected chi connectivity index (χ1v) is 12.0. The Bertz CT molecular complexity index is 1490. The van der Waals surface area contributed by atoms with Crippen LogP contribution in [0.3, 0.4) is 0 Å². The highest BCUT2D eigenvalue weighted by Gasteiger charge is 2.28. The fraction of sp³-hybridized carbons (Fsp3) is 0.167. The summed E-state index contributed by atoms with van der Waals surface area (Å²) < 4.78 is 10.6. The van der Waals surface area contributed by atoms with E-state index in [4.69, 9.17) is 14.5 Å². The number of carbonyl (C=O) groups is 2. The quantitative estimate of drug-likeness (QED) is 0.355. The van der Waals surface area contributed by atoms with Crippen molar-refractivity contribution in [1.29, 1.82) is 0 Å². The van der Waals surface area contributed by atoms with Gasteiger partial charge in [-0.1, -0.05) is 42.5 Å². The van der Waals surface area contributed by atoms with Crippen LogP contribution in [0.15, 0.2) is 72.8 Å². The monoisotopic (exact) mass is 494 g/mol. The van der Waals surface area contributed by atoms with Gasteiger partial charge in [-0.05, 0) is 71.5 Å². The molecule has 7 nitrogen and oxygen atoms in total. The molecule has 4 aromatic rings. The van der Waals surface area contributed by atoms with Gasteiger partial charge in [0.2, 0.25) is 0 Å². The zero-order chi connectivity index (χ0) is 25.8. The molecule has 0 unspecified atom stereocenters. The summed E-state index contributed by atoms with van der Waals surface area (Å²) >= 11 is 0. The van der Waals surface area contributed by atoms with Crippen LogP contribution in [0.4, 0.5) is 0 Å². The first kappa shape index (κ1) is 24.1. The summed E-state index contributed by atoms with van der Waals surface area (Å²) in [5, 5.41) is 13.1. The van der Waals surface area contributed by atoms with Crippen LogP contribution in [0.1, 0.15) is 39.2 Å². The number of ether oxygens (including phenoxy) is 2. The van der Waals surface area contributed by atoms with Gasteiger partial charge in [0, 0.05) is 11.9 Å². The van der Waals surface area contributed by atoms with E-state index in [0.717, 1.165) is 40.1 Å². The lowest BCUT2D eigenvalue weighted by molar-refractivity contribution is -0.124. The molecule has 1 heterocycles. The molecule has 1 amide bonds. The molecular weight excluding hydrogens is 468 g/mol. The molecule has 3 aromatic carbocycles. The lowest BCUT2D eigenvalue weighted by Gasteiger charge is -2.12. The molecular formula is C30H26N2O5. The van der Waals surface area contributed by atoms with Gasteiger partial charge in [0.05, 0.1) is 23.9 Å². The fourth-order valence-corrected chi connectivity index (χ4v) is 4.48. The second kappa shape index (κ2) is 10.5. The van der Waals surface area contributed by atoms with Crippen molar-refractivity contribution >= 4 is 34.4 Å². The summed E-state index contributed by atoms with van der Waals surface area (Å²) in [7, 11) is 1.60. The van der Waals surface area contributed by atoms with E-state index < -0.39 is 5.97 Å². The first-order chi connectivity index (χ1) is 18.0. The Kier molecular flexibility index (Phi) is 6.85. The normalized spacial score (nSPS) is 13.4. The van der Waals surface area contributed by atoms with E-state index in [0.29, 0.717) is 29.4 Å². The highest BCUT2D eigenvalue weighted by atomic mass is 16.5. The number of fused-ring (bicyclic) bond motifs is 2. The Morgan fingerprint density at radius 3 is 2.51 bits per heavy atom. The van der Waals surface area contributed by atoms with Gasteiger partial charge in [-0.2, -0.15) is 0 Å². The third-order valence-electron chi connectivity index (χ3n) is 6.36. The van der Waals surface area contributed by atoms with Crippen LogP contribution in [0.5, 0.6) is 11.5 Å². The number of rotatable bonds is 7. The van der Waals surface area contributed by atoms with E-state index in [9.17, 15) is 14.7 Å². The second-order valence-electron chi connectivity index (χ2n) is 8.79. The van der Waals surface area contributed by atoms with E-state index >= 15 is 0 Å². The predicted molar refractivity (Wildman–Crippen MR) is 141 cm³/mol. The van der Waals surface area contributed by atoms with E-state index in [1.165, 1.54) is 0 Å². The summed E-state index contributed by atoms with van der Waals surface area (Å²) in [5.74, 6) is 0.0192. The summed E-state index contributed by atoms with van der Waals surface area (Å²) in [5.41, 5.74) is 5.60. The SMILES string of the molecule is COc1ccc(CNC(=O)COC(=O)c2c3c(nc4ccccc24)/C(=C/c2ccc(O)cc2)CC3)cc1. The molecule has 0 radical (unpaired) electrons. The van der Waals surface area contributed by atoms with Crippen LogP contribution >= 0.6 is 0 Å². The van der Waals surface area contributed by atoms with Gasteiger partial charge in [-0.25, -0.2) is 9.78 Å². The van der Waals surface area contributed by atoms with E-state index in [-0.39, 0.29) is 18.3 Å². The molecule has 1 aliphatic rings. The highest BCUT2D eigenvalue weighted by Crippen LogP contribution is 2.37. The van der Waals surface area contributed by atoms with Crippen LogP contribution in [0, 0.1) is 0 Å². The Morgan fingerprint density at radius 2 is 1.76 bits per heavy atom. The van der Waals surface area contributed by atoms with Crippen LogP contribution in [-0.2, 0) is 22.5 Å². The van der Waals surface area contributed by atoms with Crippen molar-refractivity contribution < 1.29 is 24.2 Å². The number of phenols is 1. The largest absolute Gasteiger partial charge is 0.508 e. The van der Waals surface area contributed by atoms with Crippen molar-refractivity contribution in [3.63, 3.8) is 0 Å². The molecule has 186 valence electrons. The molecule has 1 aromatic heterocycles. The maximum absolute atomic E-state index is 13.3. The molecule has 0 saturated carbocycles. The third kappa shape index (κ3) is 5.30. The minimum atomic E-state index is -0.541. The fourth-order valence-electron chi connectivity index (χ4n) is 4.48. The van der Waals surface area contributed by atoms with Crippen molar-refractivity contribution in [3.05, 3.63) is 101 Å². The average Bonchev–Trinajstić information content (AvgIpc) is 3.32. The van der Waals surface area contributed by atoms with Crippen LogP contribution in [0.2, 0.25) is 0 Å². The number of nitrogens with one attached hydrogen (secondary N) is 1. The molecule has 37 heavy (non-hydrogen) atoms. The Labute approximate surface area is 214 Å². The summed E-state index contributed by atoms with van der Waals surface area (Å²) in [4.78, 5) is 30.5. The molecule has 0 aliphatic heterocycles. The number of para-hydroxylation sites is 1. The minimum Gasteiger partial charge on any atom is -0.508 e. The topological polar surface area (TPSA) is 97.8 Å². The summed E-state index contributed by atoms with van der Waals surface area (Å²) in [6.45, 7) is -0.0595. The van der Waals surface area contributed by atoms with Gasteiger partial charge in [-0.3, -0.25) is 4.79 Å². The number of allylic oxidation sites excluding steroid dienone is 1. The number of phenolic OH excluding ortho intramolecular Hbond substituents is 1. The Morgan fingerprint density at radius 1 is 1.00 bits per heavy atom. The second-order valence-corrected chi connectivity index (χ2v) is 8.79. The average molecular weight is 495 g/mol. The molecule has 7 heteroatoms. The maximum atomic E-state index is 13.3. The smallest absolute Gasteiger partial charge is 0.339 e. The van der Waals surface area contributed by atoms with E-state index in [1.807, 2.05) is 66.7 Å². The summed E-state index contributed by atoms with van der Waals surface area (Å²) in [6.07, 6.45) is 3.39. The molecule has 0 bridgehead atoms. The zero-order valence-electron chi connectivity index (χ0n) is 20.4. The van der Waals surface area contributed by atoms with Crippen molar-refractivity contribution in [2.45, 2.75) is 19.4 Å². The molecule has 5 rings (SSSR count). The number of benzene rings is 3. The van der Waals surface area contributed by atoms with E-state index in [1.54, 1.807) is 19.2 Å². The number of pyridine rings is 1. The highest BCUT2D eigenvalue weighted by molar-refractivity contribution is 6.07. The van der Waals surface area contributed by atoms with Crippen molar-refractivity contribution in [3.8, 4) is 11.5 Å². The van der Waals surface area contributed by atoms with Crippen LogP contribution < -0.4 is 10.1 Å². The number of methoxy groups -OCH3 is 1. The lowest BCUT2D eigenvalue weighted by Crippen LogP contribution is -2.28. The molecule has 0 spiro atoms. The maximum Gasteiger partial charge on any atom is 0.339 e. The number of nitrogens with zero attached hydrogens (tertiary/aromatic N) is 1. The van der Waals surface area contributed by atoms with E-state index in [2.05, 4.69) is 5.32 Å². The standard InChI is InChI=1S/C30H26N2O5/c1-36-23-13-8-20(9-14-23)17-31-27(34)18-37-30(35)28-24-4-2-3-5-26(24)32-29-21(10-15-25(28)29)16-19-6-11-22(33)12-7-19/h2-9,11-14,16,33H,10,15,17-18H2,1H3,(H,31,34)/b21-16+. The summed E-state index contributed by atoms with van der Waals surface area (Å²) in [6, 6.07) is 21.8. The third-order valence-corrected chi connectivity index (χ3v) is 6.36. The molecule has 1 aliphatic carbocycles. The zero-order valence-corrected chi connectivity index (χ0v) is 20.4. The van der Waals surface area contributed by atoms with Crippen LogP contribution in [-0.4, -0.2) is 35.7 Å². The first-order valence-electron chi connectivity index (χ1n) is 12.0. The Hall–Kier alpha value is -4.65. The molecule has 2 N–H and O–H groups in total. The van der Waals surface area contributed by atoms with Gasteiger partial charge < -0.3 is 19.9 Å². The van der Waals surface area contributed by atoms with Gasteiger partial charge in [0.1, 0.15) is 11.5 Å². The van der Waals surface area contributed by atoms with Crippen molar-refractivity contribution in [1.82, 2.24) is 10.3 Å². The minimum absolute atomic E-state index is 0.205. The van der Waals surface area contributed by atoms with Gasteiger partial charge in [0.25, 0.3) is 5.91 Å². The molecule has 0 saturated heterocycles. The number of amides is 1. The van der Waals surface area contributed by atoms with Gasteiger partial charge >= 0.3 is 5.97 Å². The number of hydrogen-bond acceptors (Lipinski definition) is 6. The van der Waals surface area contributed by atoms with Gasteiger partial charge in [0.15, 0.2) is 6.61 Å². The van der Waals surface area contributed by atoms with Crippen LogP contribution in [0.25, 0.3) is 22.6 Å². The number of aromatic nitrogens is 1. The molecule has 0 fully saturated rings. The number of esters is 1. The Balaban J connectivity index is 1.34. The van der Waals surface area contributed by atoms with Gasteiger partial charge in [-0.15, -0.1) is 0 Å².